The van der Waals surface area contributed by atoms with Crippen LogP contribution in [0.5, 0.6) is 0 Å². The van der Waals surface area contributed by atoms with E-state index in [1.807, 2.05) is 23.1 Å². The molecule has 2 heterocycles. The molecule has 1 aliphatic heterocycles. The van der Waals surface area contributed by atoms with E-state index >= 15 is 0 Å². The van der Waals surface area contributed by atoms with Gasteiger partial charge in [-0.2, -0.15) is 4.57 Å². The van der Waals surface area contributed by atoms with E-state index in [2.05, 4.69) is 173 Å². The molecule has 4 heteroatoms. The van der Waals surface area contributed by atoms with E-state index in [1.54, 1.807) is 0 Å². The molecule has 0 atom stereocenters. The van der Waals surface area contributed by atoms with Crippen molar-refractivity contribution in [2.45, 2.75) is 18.0 Å². The summed E-state index contributed by atoms with van der Waals surface area (Å²) in [5.74, 6) is 0. The van der Waals surface area contributed by atoms with E-state index in [0.29, 0.717) is 0 Å². The Hall–Kier alpha value is -4.90. The van der Waals surface area contributed by atoms with Gasteiger partial charge < -0.3 is 4.90 Å². The van der Waals surface area contributed by atoms with Crippen LogP contribution in [0.4, 0.5) is 5.69 Å². The Bertz CT molecular complexity index is 2120. The Kier molecular flexibility index (Phi) is 7.52. The molecule has 0 saturated heterocycles. The highest BCUT2D eigenvalue weighted by molar-refractivity contribution is 8.03. The molecule has 0 aliphatic carbocycles. The second-order valence-electron chi connectivity index (χ2n) is 11.3. The van der Waals surface area contributed by atoms with Crippen LogP contribution in [0, 0.1) is 0 Å². The van der Waals surface area contributed by atoms with Crippen molar-refractivity contribution in [3.8, 4) is 22.3 Å². The third-order valence-corrected chi connectivity index (χ3v) is 10.5. The average Bonchev–Trinajstić information content (AvgIpc) is 3.62. The molecule has 0 amide bonds. The summed E-state index contributed by atoms with van der Waals surface area (Å²) in [7, 11) is 0. The van der Waals surface area contributed by atoms with Crippen LogP contribution in [-0.4, -0.2) is 0 Å². The van der Waals surface area contributed by atoms with E-state index in [4.69, 9.17) is 0 Å². The predicted octanol–water partition coefficient (Wildman–Crippen LogP) is 10.7. The predicted molar refractivity (Wildman–Crippen MR) is 191 cm³/mol. The zero-order chi connectivity index (χ0) is 30.0. The Labute approximate surface area is 272 Å². The van der Waals surface area contributed by atoms with Gasteiger partial charge in [-0.1, -0.05) is 157 Å². The van der Waals surface area contributed by atoms with Gasteiger partial charge >= 0.3 is 0 Å². The van der Waals surface area contributed by atoms with Gasteiger partial charge in [0.15, 0.2) is 6.54 Å². The minimum absolute atomic E-state index is 0.812. The van der Waals surface area contributed by atoms with Crippen molar-refractivity contribution < 1.29 is 4.57 Å². The molecule has 1 aromatic heterocycles. The second-order valence-corrected chi connectivity index (χ2v) is 13.4. The number of thiazole rings is 1. The van der Waals surface area contributed by atoms with Gasteiger partial charge in [-0.3, -0.25) is 0 Å². The van der Waals surface area contributed by atoms with Gasteiger partial charge in [0.05, 0.1) is 16.8 Å². The summed E-state index contributed by atoms with van der Waals surface area (Å²) in [6.07, 6.45) is 2.41. The summed E-state index contributed by atoms with van der Waals surface area (Å²) in [6.45, 7) is 1.62. The Balaban J connectivity index is 1.26. The Morgan fingerprint density at radius 2 is 1.13 bits per heavy atom. The van der Waals surface area contributed by atoms with Crippen molar-refractivity contribution in [2.75, 3.05) is 4.90 Å². The summed E-state index contributed by atoms with van der Waals surface area (Å²) < 4.78 is 3.79. The third kappa shape index (κ3) is 5.71. The van der Waals surface area contributed by atoms with Gasteiger partial charge in [0.1, 0.15) is 4.70 Å². The lowest BCUT2D eigenvalue weighted by Crippen LogP contribution is -2.36. The normalized spacial score (nSPS) is 13.4. The number of benzene rings is 6. The van der Waals surface area contributed by atoms with Crippen LogP contribution >= 0.6 is 23.1 Å². The second kappa shape index (κ2) is 12.2. The van der Waals surface area contributed by atoms with Gasteiger partial charge in [0, 0.05) is 23.1 Å². The fourth-order valence-corrected chi connectivity index (χ4v) is 8.23. The molecule has 0 unspecified atom stereocenters. The number of anilines is 1. The fourth-order valence-electron chi connectivity index (χ4n) is 6.00. The molecular weight excluding hydrogens is 585 g/mol. The Morgan fingerprint density at radius 3 is 1.80 bits per heavy atom. The first-order valence-electron chi connectivity index (χ1n) is 15.2. The molecule has 8 rings (SSSR count). The van der Waals surface area contributed by atoms with Crippen LogP contribution in [0.25, 0.3) is 38.5 Å². The first-order chi connectivity index (χ1) is 22.3. The summed E-state index contributed by atoms with van der Waals surface area (Å²) in [5, 5.41) is 2.49. The van der Waals surface area contributed by atoms with Crippen LogP contribution in [0.2, 0.25) is 0 Å². The quantitative estimate of drug-likeness (QED) is 0.165. The number of thioether (sulfide) groups is 1. The molecule has 0 spiro atoms. The van der Waals surface area contributed by atoms with E-state index in [0.717, 1.165) is 13.1 Å². The monoisotopic (exact) mass is 615 g/mol. The SMILES string of the molecule is C(=C1Sc2ccc(-c3ccccc3)cc2N1Cc1ccccc1)c1sc2ccc(-c3ccccc3)cc2[n+]1Cc1ccccc1. The highest BCUT2D eigenvalue weighted by Gasteiger charge is 2.29. The van der Waals surface area contributed by atoms with Crippen molar-refractivity contribution in [2.24, 2.45) is 0 Å². The lowest BCUT2D eigenvalue weighted by molar-refractivity contribution is -0.659. The van der Waals surface area contributed by atoms with Crippen LogP contribution < -0.4 is 9.47 Å². The van der Waals surface area contributed by atoms with Crippen LogP contribution in [0.1, 0.15) is 16.1 Å². The summed E-state index contributed by atoms with van der Waals surface area (Å²) in [6, 6.07) is 56.8. The average molecular weight is 616 g/mol. The maximum absolute atomic E-state index is 2.49. The number of fused-ring (bicyclic) bond motifs is 2. The van der Waals surface area contributed by atoms with Crippen LogP contribution in [0.15, 0.2) is 168 Å². The van der Waals surface area contributed by atoms with E-state index in [9.17, 15) is 0 Å². The van der Waals surface area contributed by atoms with Gasteiger partial charge in [-0.15, -0.1) is 0 Å². The molecule has 2 nitrogen and oxygen atoms in total. The van der Waals surface area contributed by atoms with Gasteiger partial charge in [0.2, 0.25) is 5.52 Å². The van der Waals surface area contributed by atoms with Crippen molar-refractivity contribution in [3.63, 3.8) is 0 Å². The standard InChI is InChI=1S/C41H31N2S2/c1-5-13-30(14-6-1)28-42-36-25-34(32-17-9-3-10-18-32)21-23-38(36)44-40(42)27-41-43(29-31-15-7-2-8-16-31)37-26-35(22-24-39(37)45-41)33-19-11-4-12-20-33/h1-27H,28-29H2/q+1. The van der Waals surface area contributed by atoms with Gasteiger partial charge in [-0.05, 0) is 46.0 Å². The maximum atomic E-state index is 2.49. The fraction of sp³-hybridized carbons (Fsp3) is 0.0488. The first-order valence-corrected chi connectivity index (χ1v) is 16.9. The van der Waals surface area contributed by atoms with Crippen molar-refractivity contribution in [3.05, 3.63) is 179 Å². The zero-order valence-electron chi connectivity index (χ0n) is 24.7. The molecule has 0 bridgehead atoms. The molecule has 0 fully saturated rings. The summed E-state index contributed by atoms with van der Waals surface area (Å²) >= 11 is 3.74. The molecule has 45 heavy (non-hydrogen) atoms. The highest BCUT2D eigenvalue weighted by atomic mass is 32.2. The number of hydrogen-bond donors (Lipinski definition) is 0. The highest BCUT2D eigenvalue weighted by Crippen LogP contribution is 2.49. The van der Waals surface area contributed by atoms with E-state index in [-0.39, 0.29) is 0 Å². The van der Waals surface area contributed by atoms with Crippen LogP contribution in [-0.2, 0) is 13.1 Å². The molecule has 7 aromatic rings. The number of nitrogens with zero attached hydrogens (tertiary/aromatic N) is 2. The lowest BCUT2D eigenvalue weighted by atomic mass is 10.0. The molecule has 1 aliphatic rings. The smallest absolute Gasteiger partial charge is 0.265 e. The van der Waals surface area contributed by atoms with Crippen molar-refractivity contribution in [1.29, 1.82) is 0 Å². The van der Waals surface area contributed by atoms with Gasteiger partial charge in [0.25, 0.3) is 5.01 Å². The van der Waals surface area contributed by atoms with E-state index < -0.39 is 0 Å². The number of aromatic nitrogens is 1. The maximum Gasteiger partial charge on any atom is 0.265 e. The molecule has 0 N–H and O–H groups in total. The molecule has 6 aromatic carbocycles. The minimum Gasteiger partial charge on any atom is -0.330 e. The van der Waals surface area contributed by atoms with Crippen LogP contribution in [0.3, 0.4) is 0 Å². The zero-order valence-corrected chi connectivity index (χ0v) is 26.3. The topological polar surface area (TPSA) is 7.12 Å². The lowest BCUT2D eigenvalue weighted by Gasteiger charge is -2.21. The van der Waals surface area contributed by atoms with E-state index in [1.165, 1.54) is 64.2 Å². The third-order valence-electron chi connectivity index (χ3n) is 8.29. The number of rotatable bonds is 7. The largest absolute Gasteiger partial charge is 0.330 e. The first kappa shape index (κ1) is 27.6. The molecular formula is C41H31N2S2+. The molecule has 0 saturated carbocycles. The number of hydrogen-bond acceptors (Lipinski definition) is 3. The molecule has 216 valence electrons. The minimum atomic E-state index is 0.812. The summed E-state index contributed by atoms with van der Waals surface area (Å²) in [5.41, 5.74) is 10.1. The van der Waals surface area contributed by atoms with Crippen molar-refractivity contribution >= 4 is 45.1 Å². The summed E-state index contributed by atoms with van der Waals surface area (Å²) in [4.78, 5) is 3.79. The van der Waals surface area contributed by atoms with Crippen molar-refractivity contribution in [1.82, 2.24) is 0 Å². The van der Waals surface area contributed by atoms with Gasteiger partial charge in [-0.25, -0.2) is 0 Å². The molecule has 0 radical (unpaired) electrons. The Morgan fingerprint density at radius 1 is 0.556 bits per heavy atom.